The zero-order chi connectivity index (χ0) is 15.2. The highest BCUT2D eigenvalue weighted by molar-refractivity contribution is 9.10. The molecule has 0 amide bonds. The molecule has 1 fully saturated rings. The van der Waals surface area contributed by atoms with Gasteiger partial charge in [0.25, 0.3) is 0 Å². The molecule has 2 nitrogen and oxygen atoms in total. The standard InChI is InChI=1S/C18H29BrN2/c1-4-14-6-9-17(10-7-14)21(3)18-11-8-16(19)12-15(18)13-20-5-2/h8,11-12,14,17,20H,4-7,9-10,13H2,1-3H3. The Kier molecular flexibility index (Phi) is 6.56. The van der Waals surface area contributed by atoms with Crippen molar-refractivity contribution in [1.82, 2.24) is 5.32 Å². The quantitative estimate of drug-likeness (QED) is 0.777. The molecule has 118 valence electrons. The Labute approximate surface area is 138 Å². The van der Waals surface area contributed by atoms with Crippen molar-refractivity contribution in [2.24, 2.45) is 5.92 Å². The van der Waals surface area contributed by atoms with Gasteiger partial charge >= 0.3 is 0 Å². The van der Waals surface area contributed by atoms with E-state index in [1.807, 2.05) is 0 Å². The second kappa shape index (κ2) is 8.19. The highest BCUT2D eigenvalue weighted by Gasteiger charge is 2.24. The Morgan fingerprint density at radius 3 is 2.52 bits per heavy atom. The molecule has 0 bridgehead atoms. The third-order valence-corrected chi connectivity index (χ3v) is 5.42. The molecule has 1 saturated carbocycles. The summed E-state index contributed by atoms with van der Waals surface area (Å²) in [6, 6.07) is 7.39. The first-order valence-corrected chi connectivity index (χ1v) is 9.17. The van der Waals surface area contributed by atoms with Gasteiger partial charge in [-0.3, -0.25) is 0 Å². The molecule has 0 heterocycles. The molecule has 0 saturated heterocycles. The summed E-state index contributed by atoms with van der Waals surface area (Å²) in [5.74, 6) is 0.959. The molecule has 1 aromatic rings. The Morgan fingerprint density at radius 2 is 1.90 bits per heavy atom. The predicted molar refractivity (Wildman–Crippen MR) is 96.0 cm³/mol. The number of anilines is 1. The summed E-state index contributed by atoms with van der Waals surface area (Å²) in [5.41, 5.74) is 2.78. The summed E-state index contributed by atoms with van der Waals surface area (Å²) in [4.78, 5) is 2.52. The van der Waals surface area contributed by atoms with Gasteiger partial charge in [-0.2, -0.15) is 0 Å². The average molecular weight is 353 g/mol. The lowest BCUT2D eigenvalue weighted by Gasteiger charge is -2.37. The molecular formula is C18H29BrN2. The van der Waals surface area contributed by atoms with Gasteiger partial charge in [0, 0.05) is 29.8 Å². The highest BCUT2D eigenvalue weighted by Crippen LogP contribution is 2.33. The van der Waals surface area contributed by atoms with E-state index < -0.39 is 0 Å². The second-order valence-electron chi connectivity index (χ2n) is 6.25. The number of hydrogen-bond acceptors (Lipinski definition) is 2. The van der Waals surface area contributed by atoms with Crippen LogP contribution in [-0.2, 0) is 6.54 Å². The lowest BCUT2D eigenvalue weighted by molar-refractivity contribution is 0.313. The van der Waals surface area contributed by atoms with E-state index in [0.717, 1.165) is 19.0 Å². The van der Waals surface area contributed by atoms with Crippen molar-refractivity contribution in [2.75, 3.05) is 18.5 Å². The van der Waals surface area contributed by atoms with Crippen LogP contribution in [0, 0.1) is 5.92 Å². The largest absolute Gasteiger partial charge is 0.371 e. The molecule has 0 unspecified atom stereocenters. The van der Waals surface area contributed by atoms with Gasteiger partial charge in [-0.05, 0) is 61.9 Å². The molecule has 1 aromatic carbocycles. The van der Waals surface area contributed by atoms with Crippen LogP contribution < -0.4 is 10.2 Å². The van der Waals surface area contributed by atoms with Gasteiger partial charge < -0.3 is 10.2 Å². The topological polar surface area (TPSA) is 15.3 Å². The number of halogens is 1. The van der Waals surface area contributed by atoms with E-state index in [1.54, 1.807) is 0 Å². The third kappa shape index (κ3) is 4.46. The first-order valence-electron chi connectivity index (χ1n) is 8.37. The Morgan fingerprint density at radius 1 is 1.19 bits per heavy atom. The molecule has 1 aliphatic rings. The smallest absolute Gasteiger partial charge is 0.0412 e. The van der Waals surface area contributed by atoms with E-state index in [2.05, 4.69) is 65.2 Å². The molecule has 0 aliphatic heterocycles. The van der Waals surface area contributed by atoms with Crippen molar-refractivity contribution in [3.8, 4) is 0 Å². The van der Waals surface area contributed by atoms with E-state index in [0.29, 0.717) is 6.04 Å². The summed E-state index contributed by atoms with van der Waals surface area (Å²) in [6.45, 7) is 6.45. The minimum Gasteiger partial charge on any atom is -0.371 e. The summed E-state index contributed by atoms with van der Waals surface area (Å²) < 4.78 is 1.17. The first-order chi connectivity index (χ1) is 10.2. The maximum atomic E-state index is 3.60. The van der Waals surface area contributed by atoms with Crippen LogP contribution in [-0.4, -0.2) is 19.6 Å². The van der Waals surface area contributed by atoms with Gasteiger partial charge in [0.05, 0.1) is 0 Å². The minimum absolute atomic E-state index is 0.703. The lowest BCUT2D eigenvalue weighted by Crippen LogP contribution is -2.36. The van der Waals surface area contributed by atoms with E-state index in [4.69, 9.17) is 0 Å². The predicted octanol–water partition coefficient (Wildman–Crippen LogP) is 4.96. The number of nitrogens with zero attached hydrogens (tertiary/aromatic N) is 1. The minimum atomic E-state index is 0.703. The summed E-state index contributed by atoms with van der Waals surface area (Å²) >= 11 is 3.60. The van der Waals surface area contributed by atoms with Crippen molar-refractivity contribution in [3.63, 3.8) is 0 Å². The van der Waals surface area contributed by atoms with Crippen molar-refractivity contribution >= 4 is 21.6 Å². The molecule has 21 heavy (non-hydrogen) atoms. The molecule has 0 spiro atoms. The van der Waals surface area contributed by atoms with E-state index in [9.17, 15) is 0 Å². The van der Waals surface area contributed by atoms with Crippen molar-refractivity contribution in [3.05, 3.63) is 28.2 Å². The van der Waals surface area contributed by atoms with Gasteiger partial charge in [-0.25, -0.2) is 0 Å². The van der Waals surface area contributed by atoms with Crippen LogP contribution in [0.15, 0.2) is 22.7 Å². The fourth-order valence-electron chi connectivity index (χ4n) is 3.44. The van der Waals surface area contributed by atoms with Crippen LogP contribution in [0.4, 0.5) is 5.69 Å². The van der Waals surface area contributed by atoms with E-state index >= 15 is 0 Å². The molecule has 0 radical (unpaired) electrons. The number of hydrogen-bond donors (Lipinski definition) is 1. The van der Waals surface area contributed by atoms with Crippen molar-refractivity contribution < 1.29 is 0 Å². The molecule has 1 aliphatic carbocycles. The Hall–Kier alpha value is -0.540. The first kappa shape index (κ1) is 16.8. The van der Waals surface area contributed by atoms with Crippen LogP contribution >= 0.6 is 15.9 Å². The zero-order valence-electron chi connectivity index (χ0n) is 13.7. The maximum Gasteiger partial charge on any atom is 0.0412 e. The molecule has 2 rings (SSSR count). The lowest BCUT2D eigenvalue weighted by atomic mass is 9.84. The number of nitrogens with one attached hydrogen (secondary N) is 1. The summed E-state index contributed by atoms with van der Waals surface area (Å²) in [6.07, 6.45) is 6.81. The Balaban J connectivity index is 2.09. The van der Waals surface area contributed by atoms with Gasteiger partial charge in [0.15, 0.2) is 0 Å². The van der Waals surface area contributed by atoms with Gasteiger partial charge in [0.1, 0.15) is 0 Å². The summed E-state index contributed by atoms with van der Waals surface area (Å²) in [7, 11) is 2.27. The van der Waals surface area contributed by atoms with Gasteiger partial charge in [0.2, 0.25) is 0 Å². The van der Waals surface area contributed by atoms with Crippen LogP contribution in [0.1, 0.15) is 51.5 Å². The average Bonchev–Trinajstić information content (AvgIpc) is 2.52. The fraction of sp³-hybridized carbons (Fsp3) is 0.667. The molecule has 0 aromatic heterocycles. The van der Waals surface area contributed by atoms with E-state index in [-0.39, 0.29) is 0 Å². The maximum absolute atomic E-state index is 3.60. The SMILES string of the molecule is CCNCc1cc(Br)ccc1N(C)C1CCC(CC)CC1. The Bertz CT molecular complexity index is 439. The molecule has 1 N–H and O–H groups in total. The van der Waals surface area contributed by atoms with Gasteiger partial charge in [-0.1, -0.05) is 36.2 Å². The monoisotopic (exact) mass is 352 g/mol. The van der Waals surface area contributed by atoms with E-state index in [1.165, 1.54) is 47.8 Å². The van der Waals surface area contributed by atoms with Crippen LogP contribution in [0.3, 0.4) is 0 Å². The fourth-order valence-corrected chi connectivity index (χ4v) is 3.85. The zero-order valence-corrected chi connectivity index (χ0v) is 15.2. The number of benzene rings is 1. The molecular weight excluding hydrogens is 324 g/mol. The van der Waals surface area contributed by atoms with Crippen molar-refractivity contribution in [1.29, 1.82) is 0 Å². The van der Waals surface area contributed by atoms with Crippen molar-refractivity contribution in [2.45, 2.75) is 58.5 Å². The molecule has 3 heteroatoms. The van der Waals surface area contributed by atoms with Crippen LogP contribution in [0.5, 0.6) is 0 Å². The van der Waals surface area contributed by atoms with Gasteiger partial charge in [-0.15, -0.1) is 0 Å². The number of rotatable bonds is 6. The second-order valence-corrected chi connectivity index (χ2v) is 7.16. The van der Waals surface area contributed by atoms with Crippen LogP contribution in [0.2, 0.25) is 0 Å². The normalized spacial score (nSPS) is 22.3. The third-order valence-electron chi connectivity index (χ3n) is 4.93. The summed E-state index contributed by atoms with van der Waals surface area (Å²) in [5, 5.41) is 3.46. The molecule has 0 atom stereocenters. The highest BCUT2D eigenvalue weighted by atomic mass is 79.9. The van der Waals surface area contributed by atoms with Crippen LogP contribution in [0.25, 0.3) is 0 Å².